The van der Waals surface area contributed by atoms with Crippen molar-refractivity contribution in [3.05, 3.63) is 0 Å². The van der Waals surface area contributed by atoms with E-state index in [2.05, 4.69) is 5.32 Å². The predicted molar refractivity (Wildman–Crippen MR) is 60.7 cm³/mol. The van der Waals surface area contributed by atoms with E-state index < -0.39 is 18.0 Å². The molecule has 0 fully saturated rings. The van der Waals surface area contributed by atoms with Crippen molar-refractivity contribution in [2.24, 2.45) is 5.73 Å². The van der Waals surface area contributed by atoms with Crippen LogP contribution >= 0.6 is 0 Å². The van der Waals surface area contributed by atoms with Crippen LogP contribution in [0.3, 0.4) is 0 Å². The Bertz CT molecular complexity index is 221. The van der Waals surface area contributed by atoms with Crippen LogP contribution in [0.1, 0.15) is 32.6 Å². The largest absolute Gasteiger partial charge is 0.396 e. The van der Waals surface area contributed by atoms with Gasteiger partial charge in [-0.2, -0.15) is 0 Å². The Morgan fingerprint density at radius 2 is 1.88 bits per heavy atom. The molecule has 1 atom stereocenters. The van der Waals surface area contributed by atoms with Gasteiger partial charge in [-0.05, 0) is 26.3 Å². The Labute approximate surface area is 95.6 Å². The minimum absolute atomic E-state index is 0.227. The van der Waals surface area contributed by atoms with Gasteiger partial charge in [0.25, 0.3) is 0 Å². The maximum atomic E-state index is 11.2. The molecular formula is C10H21N3O3. The summed E-state index contributed by atoms with van der Waals surface area (Å²) in [5.41, 5.74) is 4.82. The third-order valence-corrected chi connectivity index (χ3v) is 2.18. The Balaban J connectivity index is 3.46. The second-order valence-electron chi connectivity index (χ2n) is 3.67. The maximum Gasteiger partial charge on any atom is 0.318 e. The SMILES string of the molecule is CC(NCCCCCCO)C(=O)NC(N)=O. The van der Waals surface area contributed by atoms with Crippen LogP contribution in [0.2, 0.25) is 0 Å². The number of aliphatic hydroxyl groups is 1. The molecule has 0 aliphatic heterocycles. The molecule has 0 saturated heterocycles. The fourth-order valence-electron chi connectivity index (χ4n) is 1.23. The molecular weight excluding hydrogens is 210 g/mol. The van der Waals surface area contributed by atoms with Crippen LogP contribution in [0.15, 0.2) is 0 Å². The molecule has 6 nitrogen and oxygen atoms in total. The van der Waals surface area contributed by atoms with E-state index in [4.69, 9.17) is 10.8 Å². The zero-order chi connectivity index (χ0) is 12.4. The number of nitrogens with two attached hydrogens (primary N) is 1. The Morgan fingerprint density at radius 1 is 1.25 bits per heavy atom. The first-order valence-corrected chi connectivity index (χ1v) is 5.52. The van der Waals surface area contributed by atoms with Crippen LogP contribution in [0.5, 0.6) is 0 Å². The third kappa shape index (κ3) is 8.19. The molecule has 16 heavy (non-hydrogen) atoms. The Morgan fingerprint density at radius 3 is 2.44 bits per heavy atom. The van der Waals surface area contributed by atoms with Crippen molar-refractivity contribution in [1.29, 1.82) is 0 Å². The molecule has 0 heterocycles. The van der Waals surface area contributed by atoms with E-state index in [0.717, 1.165) is 25.7 Å². The summed E-state index contributed by atoms with van der Waals surface area (Å²) >= 11 is 0. The molecule has 0 aromatic rings. The van der Waals surface area contributed by atoms with Gasteiger partial charge in [-0.15, -0.1) is 0 Å². The number of hydrogen-bond donors (Lipinski definition) is 4. The van der Waals surface area contributed by atoms with Gasteiger partial charge in [-0.25, -0.2) is 4.79 Å². The highest BCUT2D eigenvalue weighted by Crippen LogP contribution is 1.97. The zero-order valence-electron chi connectivity index (χ0n) is 9.66. The summed E-state index contributed by atoms with van der Waals surface area (Å²) in [6.45, 7) is 2.61. The lowest BCUT2D eigenvalue weighted by Gasteiger charge is -2.12. The van der Waals surface area contributed by atoms with Crippen LogP contribution in [-0.4, -0.2) is 36.2 Å². The lowest BCUT2D eigenvalue weighted by atomic mass is 10.2. The van der Waals surface area contributed by atoms with Gasteiger partial charge in [0.2, 0.25) is 5.91 Å². The second kappa shape index (κ2) is 9.11. The molecule has 0 aliphatic carbocycles. The van der Waals surface area contributed by atoms with Crippen molar-refractivity contribution < 1.29 is 14.7 Å². The van der Waals surface area contributed by atoms with Crippen molar-refractivity contribution in [1.82, 2.24) is 10.6 Å². The summed E-state index contributed by atoms with van der Waals surface area (Å²) in [6, 6.07) is -1.26. The van der Waals surface area contributed by atoms with Gasteiger partial charge in [-0.1, -0.05) is 12.8 Å². The minimum atomic E-state index is -0.832. The van der Waals surface area contributed by atoms with Gasteiger partial charge >= 0.3 is 6.03 Å². The molecule has 6 heteroatoms. The molecule has 0 aliphatic rings. The standard InChI is InChI=1S/C10H21N3O3/c1-8(9(15)13-10(11)16)12-6-4-2-3-5-7-14/h8,12,14H,2-7H2,1H3,(H3,11,13,15,16). The van der Waals surface area contributed by atoms with Gasteiger partial charge in [-0.3, -0.25) is 10.1 Å². The highest BCUT2D eigenvalue weighted by atomic mass is 16.3. The number of nitrogens with one attached hydrogen (secondary N) is 2. The number of carbonyl (C=O) groups excluding carboxylic acids is 2. The van der Waals surface area contributed by atoms with E-state index >= 15 is 0 Å². The molecule has 0 spiro atoms. The molecule has 0 aromatic carbocycles. The molecule has 0 aromatic heterocycles. The molecule has 0 rings (SSSR count). The summed E-state index contributed by atoms with van der Waals surface area (Å²) in [4.78, 5) is 21.6. The summed E-state index contributed by atoms with van der Waals surface area (Å²) in [6.07, 6.45) is 3.75. The lowest BCUT2D eigenvalue weighted by Crippen LogP contribution is -2.46. The first-order chi connectivity index (χ1) is 7.57. The van der Waals surface area contributed by atoms with E-state index in [9.17, 15) is 9.59 Å². The Hall–Kier alpha value is -1.14. The number of urea groups is 1. The van der Waals surface area contributed by atoms with E-state index in [0.29, 0.717) is 6.54 Å². The van der Waals surface area contributed by atoms with Crippen molar-refractivity contribution >= 4 is 11.9 Å². The monoisotopic (exact) mass is 231 g/mol. The molecule has 94 valence electrons. The number of hydrogen-bond acceptors (Lipinski definition) is 4. The van der Waals surface area contributed by atoms with Crippen LogP contribution in [0, 0.1) is 0 Å². The number of primary amides is 1. The number of unbranched alkanes of at least 4 members (excludes halogenated alkanes) is 3. The molecule has 0 bridgehead atoms. The summed E-state index contributed by atoms with van der Waals surface area (Å²) in [7, 11) is 0. The quantitative estimate of drug-likeness (QED) is 0.431. The lowest BCUT2D eigenvalue weighted by molar-refractivity contribution is -0.121. The zero-order valence-corrected chi connectivity index (χ0v) is 9.66. The Kier molecular flexibility index (Phi) is 8.46. The number of amides is 3. The average molecular weight is 231 g/mol. The summed E-state index contributed by atoms with van der Waals surface area (Å²) in [5.74, 6) is -0.414. The smallest absolute Gasteiger partial charge is 0.318 e. The highest BCUT2D eigenvalue weighted by molar-refractivity contribution is 5.96. The molecule has 0 radical (unpaired) electrons. The molecule has 3 amide bonds. The van der Waals surface area contributed by atoms with Crippen LogP contribution < -0.4 is 16.4 Å². The molecule has 1 unspecified atom stereocenters. The maximum absolute atomic E-state index is 11.2. The number of aliphatic hydroxyl groups excluding tert-OH is 1. The van der Waals surface area contributed by atoms with Gasteiger partial charge in [0.05, 0.1) is 6.04 Å². The molecule has 5 N–H and O–H groups in total. The van der Waals surface area contributed by atoms with Crippen molar-refractivity contribution in [3.8, 4) is 0 Å². The number of carbonyl (C=O) groups is 2. The predicted octanol–water partition coefficient (Wildman–Crippen LogP) is -0.288. The normalized spacial score (nSPS) is 12.1. The van der Waals surface area contributed by atoms with Crippen molar-refractivity contribution in [3.63, 3.8) is 0 Å². The summed E-state index contributed by atoms with van der Waals surface area (Å²) in [5, 5.41) is 13.5. The van der Waals surface area contributed by atoms with Gasteiger partial charge in [0.15, 0.2) is 0 Å². The average Bonchev–Trinajstić information content (AvgIpc) is 2.21. The number of imide groups is 1. The van der Waals surface area contributed by atoms with E-state index in [1.165, 1.54) is 0 Å². The van der Waals surface area contributed by atoms with Gasteiger partial charge in [0, 0.05) is 6.61 Å². The fraction of sp³-hybridized carbons (Fsp3) is 0.800. The molecule has 0 saturated carbocycles. The second-order valence-corrected chi connectivity index (χ2v) is 3.67. The third-order valence-electron chi connectivity index (χ3n) is 2.18. The van der Waals surface area contributed by atoms with Crippen LogP contribution in [-0.2, 0) is 4.79 Å². The van der Waals surface area contributed by atoms with Gasteiger partial charge in [0.1, 0.15) is 0 Å². The van der Waals surface area contributed by atoms with Crippen LogP contribution in [0.4, 0.5) is 4.79 Å². The number of rotatable bonds is 8. The fourth-order valence-corrected chi connectivity index (χ4v) is 1.23. The van der Waals surface area contributed by atoms with E-state index in [1.54, 1.807) is 6.92 Å². The summed E-state index contributed by atoms with van der Waals surface area (Å²) < 4.78 is 0. The highest BCUT2D eigenvalue weighted by Gasteiger charge is 2.12. The first kappa shape index (κ1) is 14.9. The first-order valence-electron chi connectivity index (χ1n) is 5.52. The topological polar surface area (TPSA) is 104 Å². The van der Waals surface area contributed by atoms with Crippen molar-refractivity contribution in [2.45, 2.75) is 38.6 Å². The minimum Gasteiger partial charge on any atom is -0.396 e. The van der Waals surface area contributed by atoms with Crippen LogP contribution in [0.25, 0.3) is 0 Å². The van der Waals surface area contributed by atoms with Crippen molar-refractivity contribution in [2.75, 3.05) is 13.2 Å². The van der Waals surface area contributed by atoms with Gasteiger partial charge < -0.3 is 16.2 Å². The van der Waals surface area contributed by atoms with E-state index in [-0.39, 0.29) is 6.61 Å². The van der Waals surface area contributed by atoms with E-state index in [1.807, 2.05) is 5.32 Å².